The first-order valence-corrected chi connectivity index (χ1v) is 7.35. The number of hydrogen-bond donors (Lipinski definition) is 1. The summed E-state index contributed by atoms with van der Waals surface area (Å²) in [7, 11) is 0. The monoisotopic (exact) mass is 287 g/mol. The summed E-state index contributed by atoms with van der Waals surface area (Å²) in [5.41, 5.74) is 1.45. The number of carbonyl (C=O) groups is 1. The number of oxazole rings is 1. The molecule has 112 valence electrons. The minimum absolute atomic E-state index is 0.000706. The van der Waals surface area contributed by atoms with Crippen molar-refractivity contribution < 1.29 is 9.21 Å². The molecular weight excluding hydrogens is 266 g/mol. The largest absolute Gasteiger partial charge is 0.423 e. The van der Waals surface area contributed by atoms with Crippen molar-refractivity contribution in [3.8, 4) is 0 Å². The third-order valence-electron chi connectivity index (χ3n) is 3.61. The quantitative estimate of drug-likeness (QED) is 0.922. The van der Waals surface area contributed by atoms with Gasteiger partial charge in [-0.15, -0.1) is 0 Å². The predicted octanol–water partition coefficient (Wildman–Crippen LogP) is 2.57. The second kappa shape index (κ2) is 5.06. The summed E-state index contributed by atoms with van der Waals surface area (Å²) < 4.78 is 5.76. The minimum Gasteiger partial charge on any atom is -0.423 e. The van der Waals surface area contributed by atoms with Crippen molar-refractivity contribution in [2.24, 2.45) is 5.92 Å². The summed E-state index contributed by atoms with van der Waals surface area (Å²) >= 11 is 0. The molecule has 3 rings (SSSR count). The van der Waals surface area contributed by atoms with Crippen molar-refractivity contribution in [3.05, 3.63) is 24.3 Å². The van der Waals surface area contributed by atoms with Crippen LogP contribution in [0.5, 0.6) is 0 Å². The Balaban J connectivity index is 1.70. The van der Waals surface area contributed by atoms with Gasteiger partial charge in [-0.2, -0.15) is 4.98 Å². The zero-order chi connectivity index (χ0) is 15.0. The molecule has 0 aliphatic carbocycles. The second-order valence-corrected chi connectivity index (χ2v) is 6.64. The van der Waals surface area contributed by atoms with Crippen molar-refractivity contribution in [1.29, 1.82) is 0 Å². The third kappa shape index (κ3) is 3.01. The highest BCUT2D eigenvalue weighted by Crippen LogP contribution is 2.27. The minimum atomic E-state index is -0.192. The van der Waals surface area contributed by atoms with E-state index < -0.39 is 0 Å². The molecule has 1 aliphatic heterocycles. The molecule has 1 aromatic heterocycles. The van der Waals surface area contributed by atoms with Crippen molar-refractivity contribution in [1.82, 2.24) is 10.3 Å². The fraction of sp³-hybridized carbons (Fsp3) is 0.500. The van der Waals surface area contributed by atoms with E-state index in [4.69, 9.17) is 4.42 Å². The van der Waals surface area contributed by atoms with Gasteiger partial charge in [0.15, 0.2) is 5.58 Å². The highest BCUT2D eigenvalue weighted by molar-refractivity contribution is 5.81. The number of benzene rings is 1. The van der Waals surface area contributed by atoms with Crippen LogP contribution >= 0.6 is 0 Å². The first-order chi connectivity index (χ1) is 9.92. The van der Waals surface area contributed by atoms with E-state index in [0.717, 1.165) is 24.1 Å². The molecular formula is C16H21N3O2. The van der Waals surface area contributed by atoms with Gasteiger partial charge >= 0.3 is 0 Å². The van der Waals surface area contributed by atoms with E-state index in [1.807, 2.05) is 49.9 Å². The van der Waals surface area contributed by atoms with Crippen molar-refractivity contribution in [2.75, 3.05) is 18.0 Å². The average Bonchev–Trinajstić information content (AvgIpc) is 3.03. The van der Waals surface area contributed by atoms with Gasteiger partial charge in [0.25, 0.3) is 6.01 Å². The van der Waals surface area contributed by atoms with Gasteiger partial charge in [-0.25, -0.2) is 0 Å². The fourth-order valence-corrected chi connectivity index (χ4v) is 2.61. The Kier molecular flexibility index (Phi) is 3.35. The number of nitrogens with one attached hydrogen (secondary N) is 1. The molecule has 1 amide bonds. The van der Waals surface area contributed by atoms with Crippen LogP contribution in [0.25, 0.3) is 11.1 Å². The van der Waals surface area contributed by atoms with Crippen LogP contribution in [0.15, 0.2) is 28.7 Å². The lowest BCUT2D eigenvalue weighted by Crippen LogP contribution is -2.44. The Hall–Kier alpha value is -2.04. The van der Waals surface area contributed by atoms with E-state index in [-0.39, 0.29) is 17.4 Å². The molecule has 1 atom stereocenters. The number of aromatic nitrogens is 1. The maximum absolute atomic E-state index is 12.2. The standard InChI is InChI=1S/C16H21N3O2/c1-16(2,3)18-14(20)11-8-9-19(10-11)15-17-12-6-4-5-7-13(12)21-15/h4-7,11H,8-10H2,1-3H3,(H,18,20). The first-order valence-electron chi connectivity index (χ1n) is 7.35. The zero-order valence-electron chi connectivity index (χ0n) is 12.7. The van der Waals surface area contributed by atoms with E-state index in [1.165, 1.54) is 0 Å². The van der Waals surface area contributed by atoms with Gasteiger partial charge in [-0.3, -0.25) is 4.79 Å². The normalized spacial score (nSPS) is 19.2. The van der Waals surface area contributed by atoms with Crippen LogP contribution in [0.4, 0.5) is 6.01 Å². The number of carbonyl (C=O) groups excluding carboxylic acids is 1. The summed E-state index contributed by atoms with van der Waals surface area (Å²) in [6.45, 7) is 7.46. The summed E-state index contributed by atoms with van der Waals surface area (Å²) in [4.78, 5) is 18.8. The van der Waals surface area contributed by atoms with Gasteiger partial charge in [0, 0.05) is 18.6 Å². The molecule has 5 nitrogen and oxygen atoms in total. The molecule has 1 fully saturated rings. The third-order valence-corrected chi connectivity index (χ3v) is 3.61. The van der Waals surface area contributed by atoms with E-state index in [2.05, 4.69) is 10.3 Å². The lowest BCUT2D eigenvalue weighted by Gasteiger charge is -2.23. The fourth-order valence-electron chi connectivity index (χ4n) is 2.61. The van der Waals surface area contributed by atoms with Crippen molar-refractivity contribution in [2.45, 2.75) is 32.7 Å². The van der Waals surface area contributed by atoms with Crippen LogP contribution in [0.2, 0.25) is 0 Å². The van der Waals surface area contributed by atoms with Crippen molar-refractivity contribution >= 4 is 23.0 Å². The van der Waals surface area contributed by atoms with Gasteiger partial charge in [0.05, 0.1) is 5.92 Å². The van der Waals surface area contributed by atoms with Crippen LogP contribution in [0.1, 0.15) is 27.2 Å². The molecule has 2 aromatic rings. The van der Waals surface area contributed by atoms with Gasteiger partial charge in [-0.1, -0.05) is 12.1 Å². The number of nitrogens with zero attached hydrogens (tertiary/aromatic N) is 2. The lowest BCUT2D eigenvalue weighted by molar-refractivity contribution is -0.125. The van der Waals surface area contributed by atoms with Crippen molar-refractivity contribution in [3.63, 3.8) is 0 Å². The number of amides is 1. The number of para-hydroxylation sites is 2. The summed E-state index contributed by atoms with van der Waals surface area (Å²) in [5.74, 6) is 0.111. The SMILES string of the molecule is CC(C)(C)NC(=O)C1CCN(c2nc3ccccc3o2)C1. The average molecular weight is 287 g/mol. The van der Waals surface area contributed by atoms with Crippen LogP contribution in [-0.2, 0) is 4.79 Å². The Labute approximate surface area is 124 Å². The number of rotatable bonds is 2. The van der Waals surface area contributed by atoms with Crippen LogP contribution in [0.3, 0.4) is 0 Å². The summed E-state index contributed by atoms with van der Waals surface area (Å²) in [6, 6.07) is 8.33. The number of fused-ring (bicyclic) bond motifs is 1. The molecule has 0 radical (unpaired) electrons. The molecule has 1 saturated heterocycles. The van der Waals surface area contributed by atoms with Crippen LogP contribution < -0.4 is 10.2 Å². The summed E-state index contributed by atoms with van der Waals surface area (Å²) in [5, 5.41) is 3.04. The summed E-state index contributed by atoms with van der Waals surface area (Å²) in [6.07, 6.45) is 0.834. The van der Waals surface area contributed by atoms with Gasteiger partial charge in [0.2, 0.25) is 5.91 Å². The van der Waals surface area contributed by atoms with Crippen LogP contribution in [0, 0.1) is 5.92 Å². The highest BCUT2D eigenvalue weighted by Gasteiger charge is 2.32. The lowest BCUT2D eigenvalue weighted by atomic mass is 10.0. The molecule has 1 aliphatic rings. The zero-order valence-corrected chi connectivity index (χ0v) is 12.7. The van der Waals surface area contributed by atoms with Crippen LogP contribution in [-0.4, -0.2) is 29.5 Å². The van der Waals surface area contributed by atoms with E-state index >= 15 is 0 Å². The molecule has 1 N–H and O–H groups in total. The maximum atomic E-state index is 12.2. The first kappa shape index (κ1) is 13.9. The molecule has 21 heavy (non-hydrogen) atoms. The Morgan fingerprint density at radius 1 is 1.38 bits per heavy atom. The molecule has 1 aromatic carbocycles. The number of hydrogen-bond acceptors (Lipinski definition) is 4. The van der Waals surface area contributed by atoms with Gasteiger partial charge < -0.3 is 14.6 Å². The number of anilines is 1. The van der Waals surface area contributed by atoms with Gasteiger partial charge in [-0.05, 0) is 39.3 Å². The topological polar surface area (TPSA) is 58.4 Å². The van der Waals surface area contributed by atoms with E-state index in [0.29, 0.717) is 12.6 Å². The Morgan fingerprint density at radius 2 is 2.14 bits per heavy atom. The smallest absolute Gasteiger partial charge is 0.298 e. The highest BCUT2D eigenvalue weighted by atomic mass is 16.4. The maximum Gasteiger partial charge on any atom is 0.298 e. The Morgan fingerprint density at radius 3 is 2.86 bits per heavy atom. The molecule has 2 heterocycles. The molecule has 1 unspecified atom stereocenters. The molecule has 5 heteroatoms. The van der Waals surface area contributed by atoms with Gasteiger partial charge in [0.1, 0.15) is 5.52 Å². The molecule has 0 spiro atoms. The predicted molar refractivity (Wildman–Crippen MR) is 82.2 cm³/mol. The second-order valence-electron chi connectivity index (χ2n) is 6.64. The van der Waals surface area contributed by atoms with E-state index in [1.54, 1.807) is 0 Å². The molecule has 0 saturated carbocycles. The molecule has 0 bridgehead atoms. The Bertz CT molecular complexity index is 624. The van der Waals surface area contributed by atoms with E-state index in [9.17, 15) is 4.79 Å².